The van der Waals surface area contributed by atoms with E-state index in [9.17, 15) is 4.79 Å². The summed E-state index contributed by atoms with van der Waals surface area (Å²) in [6, 6.07) is 0. The third kappa shape index (κ3) is 6.35. The Morgan fingerprint density at radius 1 is 0.923 bits per heavy atom. The van der Waals surface area contributed by atoms with Crippen molar-refractivity contribution in [2.45, 2.75) is 163 Å². The molecule has 0 unspecified atom stereocenters. The van der Waals surface area contributed by atoms with E-state index in [4.69, 9.17) is 4.74 Å². The fraction of sp³-hybridized carbons (Fsp3) is 0.919. The van der Waals surface area contributed by atoms with E-state index in [1.54, 1.807) is 5.57 Å². The number of hydrogen-bond donors (Lipinski definition) is 0. The van der Waals surface area contributed by atoms with E-state index in [0.29, 0.717) is 17.3 Å². The third-order valence-corrected chi connectivity index (χ3v) is 13.3. The van der Waals surface area contributed by atoms with Crippen LogP contribution in [0.4, 0.5) is 0 Å². The van der Waals surface area contributed by atoms with E-state index in [2.05, 4.69) is 40.7 Å². The first kappa shape index (κ1) is 29.7. The maximum Gasteiger partial charge on any atom is 0.306 e. The van der Waals surface area contributed by atoms with Crippen LogP contribution >= 0.6 is 0 Å². The van der Waals surface area contributed by atoms with Crippen molar-refractivity contribution in [2.75, 3.05) is 0 Å². The Balaban J connectivity index is 1.15. The van der Waals surface area contributed by atoms with Crippen molar-refractivity contribution in [3.63, 3.8) is 0 Å². The molecule has 0 amide bonds. The summed E-state index contributed by atoms with van der Waals surface area (Å²) in [7, 11) is 0. The van der Waals surface area contributed by atoms with Crippen molar-refractivity contribution in [1.82, 2.24) is 0 Å². The van der Waals surface area contributed by atoms with Gasteiger partial charge < -0.3 is 4.74 Å². The van der Waals surface area contributed by atoms with Crippen molar-refractivity contribution in [3.05, 3.63) is 11.6 Å². The number of allylic oxidation sites excluding steroid dienone is 1. The average molecular weight is 539 g/mol. The van der Waals surface area contributed by atoms with Gasteiger partial charge in [-0.3, -0.25) is 4.79 Å². The van der Waals surface area contributed by atoms with Crippen LogP contribution in [0.5, 0.6) is 0 Å². The van der Waals surface area contributed by atoms with Crippen molar-refractivity contribution >= 4 is 5.97 Å². The van der Waals surface area contributed by atoms with Crippen LogP contribution in [0.2, 0.25) is 0 Å². The summed E-state index contributed by atoms with van der Waals surface area (Å²) in [6.45, 7) is 12.6. The number of carbonyl (C=O) groups excluding carboxylic acids is 1. The molecular weight excluding hydrogens is 476 g/mol. The minimum Gasteiger partial charge on any atom is -0.462 e. The second-order valence-electron chi connectivity index (χ2n) is 16.0. The standard InChI is InChI=1S/C37H62O2/c1-26(2)11-9-12-27(3)32-19-20-33-31-18-17-29-25-30(21-23-36(29,4)34(31)22-24-37(32,33)5)39-35(38)16-10-15-28-13-7-6-8-14-28/h17,26-28,30-34H,6-16,18-25H2,1-5H3/t27-,30-,31-,32+,33-,34-,36-,37+/m0/s1. The predicted molar refractivity (Wildman–Crippen MR) is 163 cm³/mol. The summed E-state index contributed by atoms with van der Waals surface area (Å²) in [4.78, 5) is 12.7. The Morgan fingerprint density at radius 2 is 1.72 bits per heavy atom. The third-order valence-electron chi connectivity index (χ3n) is 13.3. The summed E-state index contributed by atoms with van der Waals surface area (Å²) >= 11 is 0. The molecule has 0 radical (unpaired) electrons. The van der Waals surface area contributed by atoms with Crippen LogP contribution in [0.15, 0.2) is 11.6 Å². The molecule has 2 heteroatoms. The van der Waals surface area contributed by atoms with Crippen LogP contribution in [0.25, 0.3) is 0 Å². The van der Waals surface area contributed by atoms with Crippen molar-refractivity contribution in [3.8, 4) is 0 Å². The molecule has 8 atom stereocenters. The summed E-state index contributed by atoms with van der Waals surface area (Å²) < 4.78 is 6.10. The second kappa shape index (κ2) is 12.6. The molecule has 0 heterocycles. The van der Waals surface area contributed by atoms with Crippen LogP contribution in [0, 0.1) is 52.3 Å². The Labute approximate surface area is 241 Å². The summed E-state index contributed by atoms with van der Waals surface area (Å²) in [5.74, 6) is 6.23. The highest BCUT2D eigenvalue weighted by Crippen LogP contribution is 2.67. The molecule has 2 nitrogen and oxygen atoms in total. The van der Waals surface area contributed by atoms with Crippen molar-refractivity contribution in [1.29, 1.82) is 0 Å². The molecule has 0 spiro atoms. The first-order valence-corrected chi connectivity index (χ1v) is 17.6. The van der Waals surface area contributed by atoms with Gasteiger partial charge in [-0.2, -0.15) is 0 Å². The normalized spacial score (nSPS) is 39.4. The van der Waals surface area contributed by atoms with Crippen LogP contribution in [-0.2, 0) is 9.53 Å². The van der Waals surface area contributed by atoms with Gasteiger partial charge in [0.15, 0.2) is 0 Å². The van der Waals surface area contributed by atoms with Gasteiger partial charge in [0.1, 0.15) is 6.10 Å². The molecule has 0 aromatic heterocycles. The number of rotatable bonds is 10. The highest BCUT2D eigenvalue weighted by atomic mass is 16.5. The Hall–Kier alpha value is -0.790. The number of hydrogen-bond acceptors (Lipinski definition) is 2. The van der Waals surface area contributed by atoms with E-state index in [-0.39, 0.29) is 12.1 Å². The first-order chi connectivity index (χ1) is 18.7. The van der Waals surface area contributed by atoms with Gasteiger partial charge >= 0.3 is 5.97 Å². The monoisotopic (exact) mass is 538 g/mol. The molecule has 5 aliphatic carbocycles. The van der Waals surface area contributed by atoms with E-state index in [1.807, 2.05) is 0 Å². The fourth-order valence-electron chi connectivity index (χ4n) is 11.0. The van der Waals surface area contributed by atoms with Gasteiger partial charge in [0.2, 0.25) is 0 Å². The van der Waals surface area contributed by atoms with Crippen LogP contribution in [-0.4, -0.2) is 12.1 Å². The van der Waals surface area contributed by atoms with Gasteiger partial charge in [-0.05, 0) is 110 Å². The molecule has 0 N–H and O–H groups in total. The quantitative estimate of drug-likeness (QED) is 0.204. The minimum absolute atomic E-state index is 0.0710. The van der Waals surface area contributed by atoms with Gasteiger partial charge in [-0.1, -0.05) is 97.6 Å². The highest BCUT2D eigenvalue weighted by molar-refractivity contribution is 5.69. The number of ether oxygens (including phenoxy) is 1. The molecule has 4 saturated carbocycles. The lowest BCUT2D eigenvalue weighted by molar-refractivity contribution is -0.151. The zero-order valence-electron chi connectivity index (χ0n) is 26.4. The Kier molecular flexibility index (Phi) is 9.60. The zero-order valence-corrected chi connectivity index (χ0v) is 26.4. The van der Waals surface area contributed by atoms with Crippen LogP contribution in [0.3, 0.4) is 0 Å². The van der Waals surface area contributed by atoms with Gasteiger partial charge in [0.25, 0.3) is 0 Å². The maximum absolute atomic E-state index is 12.7. The molecule has 0 aromatic carbocycles. The highest BCUT2D eigenvalue weighted by Gasteiger charge is 2.59. The number of esters is 1. The maximum atomic E-state index is 12.7. The lowest BCUT2D eigenvalue weighted by Crippen LogP contribution is -2.51. The molecule has 0 aliphatic heterocycles. The van der Waals surface area contributed by atoms with E-state index < -0.39 is 0 Å². The summed E-state index contributed by atoms with van der Waals surface area (Å²) in [6.07, 6.45) is 27.2. The Morgan fingerprint density at radius 3 is 2.49 bits per heavy atom. The molecular formula is C37H62O2. The fourth-order valence-corrected chi connectivity index (χ4v) is 11.0. The number of fused-ring (bicyclic) bond motifs is 5. The second-order valence-corrected chi connectivity index (χ2v) is 16.0. The Bertz CT molecular complexity index is 851. The molecule has 222 valence electrons. The topological polar surface area (TPSA) is 26.3 Å². The van der Waals surface area contributed by atoms with Crippen molar-refractivity contribution in [2.24, 2.45) is 52.3 Å². The van der Waals surface area contributed by atoms with Crippen LogP contribution < -0.4 is 0 Å². The zero-order chi connectivity index (χ0) is 27.6. The lowest BCUT2D eigenvalue weighted by Gasteiger charge is -2.58. The predicted octanol–water partition coefficient (Wildman–Crippen LogP) is 10.7. The molecule has 4 fully saturated rings. The molecule has 39 heavy (non-hydrogen) atoms. The number of carbonyl (C=O) groups is 1. The van der Waals surface area contributed by atoms with Gasteiger partial charge in [0, 0.05) is 12.8 Å². The van der Waals surface area contributed by atoms with Gasteiger partial charge in [-0.15, -0.1) is 0 Å². The van der Waals surface area contributed by atoms with E-state index in [0.717, 1.165) is 60.7 Å². The smallest absolute Gasteiger partial charge is 0.306 e. The largest absolute Gasteiger partial charge is 0.462 e. The molecule has 0 bridgehead atoms. The van der Waals surface area contributed by atoms with Crippen molar-refractivity contribution < 1.29 is 9.53 Å². The lowest BCUT2D eigenvalue weighted by atomic mass is 9.47. The molecule has 5 rings (SSSR count). The van der Waals surface area contributed by atoms with Crippen LogP contribution in [0.1, 0.15) is 157 Å². The van der Waals surface area contributed by atoms with E-state index >= 15 is 0 Å². The molecule has 5 aliphatic rings. The summed E-state index contributed by atoms with van der Waals surface area (Å²) in [5, 5.41) is 0. The first-order valence-electron chi connectivity index (χ1n) is 17.6. The molecule has 0 saturated heterocycles. The summed E-state index contributed by atoms with van der Waals surface area (Å²) in [5.41, 5.74) is 2.55. The van der Waals surface area contributed by atoms with Gasteiger partial charge in [0.05, 0.1) is 0 Å². The molecule has 0 aromatic rings. The SMILES string of the molecule is CC(C)CCC[C@H](C)[C@H]1CC[C@H]2[C@@H]3CC=C4C[C@@H](OC(=O)CCCC5CCCCC5)CC[C@]4(C)[C@H]3CC[C@]12C. The average Bonchev–Trinajstić information content (AvgIpc) is 3.26. The van der Waals surface area contributed by atoms with Gasteiger partial charge in [-0.25, -0.2) is 0 Å². The van der Waals surface area contributed by atoms with E-state index in [1.165, 1.54) is 96.3 Å². The minimum atomic E-state index is 0.0710.